The number of hydrogen-bond donors (Lipinski definition) is 2. The predicted octanol–water partition coefficient (Wildman–Crippen LogP) is 3.47. The number of nitrogens with zero attached hydrogens (tertiary/aromatic N) is 2. The fourth-order valence-corrected chi connectivity index (χ4v) is 2.26. The van der Waals surface area contributed by atoms with E-state index in [9.17, 15) is 4.79 Å². The van der Waals surface area contributed by atoms with Gasteiger partial charge in [-0.3, -0.25) is 4.79 Å². The molecule has 0 aliphatic heterocycles. The van der Waals surface area contributed by atoms with E-state index in [2.05, 4.69) is 41.4 Å². The van der Waals surface area contributed by atoms with Crippen LogP contribution in [0.2, 0.25) is 0 Å². The highest BCUT2D eigenvalue weighted by molar-refractivity contribution is 6.03. The van der Waals surface area contributed by atoms with Crippen molar-refractivity contribution in [2.45, 2.75) is 32.6 Å². The molecule has 1 aromatic heterocycles. The normalized spacial score (nSPS) is 11.2. The summed E-state index contributed by atoms with van der Waals surface area (Å²) < 4.78 is 5.00. The molecule has 25 heavy (non-hydrogen) atoms. The number of benzene rings is 1. The SMILES string of the molecule is COCCCNc1cc(C(=O)Nc2ccc(C(C)(C)C)cc2)ncn1. The van der Waals surface area contributed by atoms with Crippen molar-refractivity contribution in [2.24, 2.45) is 0 Å². The summed E-state index contributed by atoms with van der Waals surface area (Å²) in [6.07, 6.45) is 2.25. The van der Waals surface area contributed by atoms with Gasteiger partial charge in [0, 0.05) is 32.0 Å². The smallest absolute Gasteiger partial charge is 0.274 e. The van der Waals surface area contributed by atoms with Crippen LogP contribution >= 0.6 is 0 Å². The van der Waals surface area contributed by atoms with Crippen LogP contribution in [0.4, 0.5) is 11.5 Å². The first-order valence-corrected chi connectivity index (χ1v) is 8.37. The summed E-state index contributed by atoms with van der Waals surface area (Å²) in [5.41, 5.74) is 2.36. The fourth-order valence-electron chi connectivity index (χ4n) is 2.26. The van der Waals surface area contributed by atoms with Gasteiger partial charge in [0.25, 0.3) is 5.91 Å². The second-order valence-corrected chi connectivity index (χ2v) is 6.84. The van der Waals surface area contributed by atoms with Gasteiger partial charge >= 0.3 is 0 Å². The lowest BCUT2D eigenvalue weighted by molar-refractivity contribution is 0.102. The average Bonchev–Trinajstić information content (AvgIpc) is 2.59. The maximum atomic E-state index is 12.4. The Kier molecular flexibility index (Phi) is 6.47. The van der Waals surface area contributed by atoms with E-state index in [1.165, 1.54) is 11.9 Å². The van der Waals surface area contributed by atoms with E-state index in [-0.39, 0.29) is 11.3 Å². The van der Waals surface area contributed by atoms with Crippen LogP contribution in [0.3, 0.4) is 0 Å². The highest BCUT2D eigenvalue weighted by Crippen LogP contribution is 2.23. The van der Waals surface area contributed by atoms with E-state index in [1.807, 2.05) is 24.3 Å². The quantitative estimate of drug-likeness (QED) is 0.754. The number of amides is 1. The van der Waals surface area contributed by atoms with Crippen molar-refractivity contribution in [2.75, 3.05) is 30.9 Å². The molecule has 1 amide bonds. The number of hydrogen-bond acceptors (Lipinski definition) is 5. The molecule has 2 rings (SSSR count). The lowest BCUT2D eigenvalue weighted by Crippen LogP contribution is -2.16. The summed E-state index contributed by atoms with van der Waals surface area (Å²) >= 11 is 0. The predicted molar refractivity (Wildman–Crippen MR) is 100 cm³/mol. The topological polar surface area (TPSA) is 76.1 Å². The third-order valence-electron chi connectivity index (χ3n) is 3.74. The van der Waals surface area contributed by atoms with Crippen LogP contribution in [-0.2, 0) is 10.2 Å². The second kappa shape index (κ2) is 8.58. The van der Waals surface area contributed by atoms with Gasteiger partial charge in [-0.2, -0.15) is 0 Å². The molecule has 2 N–H and O–H groups in total. The van der Waals surface area contributed by atoms with Crippen LogP contribution in [0.5, 0.6) is 0 Å². The molecule has 0 aliphatic rings. The molecule has 0 bridgehead atoms. The fraction of sp³-hybridized carbons (Fsp3) is 0.421. The maximum Gasteiger partial charge on any atom is 0.274 e. The molecule has 0 aliphatic carbocycles. The van der Waals surface area contributed by atoms with Crippen molar-refractivity contribution in [1.29, 1.82) is 0 Å². The van der Waals surface area contributed by atoms with Gasteiger partial charge in [-0.15, -0.1) is 0 Å². The van der Waals surface area contributed by atoms with Crippen molar-refractivity contribution in [1.82, 2.24) is 9.97 Å². The van der Waals surface area contributed by atoms with Gasteiger partial charge in [0.2, 0.25) is 0 Å². The Bertz CT molecular complexity index is 693. The van der Waals surface area contributed by atoms with Crippen LogP contribution < -0.4 is 10.6 Å². The third-order valence-corrected chi connectivity index (χ3v) is 3.74. The molecule has 0 spiro atoms. The second-order valence-electron chi connectivity index (χ2n) is 6.84. The monoisotopic (exact) mass is 342 g/mol. The summed E-state index contributed by atoms with van der Waals surface area (Å²) in [5.74, 6) is 0.366. The molecule has 0 atom stereocenters. The van der Waals surface area contributed by atoms with Crippen molar-refractivity contribution in [3.05, 3.63) is 47.9 Å². The van der Waals surface area contributed by atoms with Gasteiger partial charge in [0.15, 0.2) is 0 Å². The maximum absolute atomic E-state index is 12.4. The Labute approximate surface area is 149 Å². The van der Waals surface area contributed by atoms with Crippen LogP contribution in [0.15, 0.2) is 36.7 Å². The van der Waals surface area contributed by atoms with Crippen molar-refractivity contribution in [3.8, 4) is 0 Å². The Balaban J connectivity index is 1.98. The number of nitrogens with one attached hydrogen (secondary N) is 2. The van der Waals surface area contributed by atoms with E-state index < -0.39 is 0 Å². The first-order chi connectivity index (χ1) is 11.9. The molecule has 6 nitrogen and oxygen atoms in total. The Morgan fingerprint density at radius 2 is 1.88 bits per heavy atom. The van der Waals surface area contributed by atoms with E-state index >= 15 is 0 Å². The summed E-state index contributed by atoms with van der Waals surface area (Å²) in [4.78, 5) is 20.5. The number of rotatable bonds is 7. The molecule has 0 saturated heterocycles. The van der Waals surface area contributed by atoms with Gasteiger partial charge in [-0.1, -0.05) is 32.9 Å². The third kappa shape index (κ3) is 5.83. The minimum atomic E-state index is -0.258. The Morgan fingerprint density at radius 3 is 2.52 bits per heavy atom. The van der Waals surface area contributed by atoms with Crippen LogP contribution in [-0.4, -0.2) is 36.1 Å². The summed E-state index contributed by atoms with van der Waals surface area (Å²) in [5, 5.41) is 6.02. The summed E-state index contributed by atoms with van der Waals surface area (Å²) in [6.45, 7) is 7.87. The van der Waals surface area contributed by atoms with Gasteiger partial charge in [-0.05, 0) is 29.5 Å². The van der Waals surface area contributed by atoms with Crippen LogP contribution in [0, 0.1) is 0 Å². The molecule has 6 heteroatoms. The molecule has 0 fully saturated rings. The molecule has 0 radical (unpaired) electrons. The molecular weight excluding hydrogens is 316 g/mol. The molecule has 2 aromatic rings. The van der Waals surface area contributed by atoms with E-state index in [0.29, 0.717) is 18.1 Å². The molecule has 0 saturated carbocycles. The highest BCUT2D eigenvalue weighted by atomic mass is 16.5. The van der Waals surface area contributed by atoms with Gasteiger partial charge in [0.1, 0.15) is 17.8 Å². The lowest BCUT2D eigenvalue weighted by atomic mass is 9.87. The number of aromatic nitrogens is 2. The van der Waals surface area contributed by atoms with Gasteiger partial charge in [-0.25, -0.2) is 9.97 Å². The zero-order valence-electron chi connectivity index (χ0n) is 15.3. The number of carbonyl (C=O) groups excluding carboxylic acids is 1. The molecule has 1 aromatic carbocycles. The standard InChI is InChI=1S/C19H26N4O2/c1-19(2,3)14-6-8-15(9-7-14)23-18(24)16-12-17(22-13-21-16)20-10-5-11-25-4/h6-9,12-13H,5,10-11H2,1-4H3,(H,23,24)(H,20,21,22). The zero-order chi connectivity index (χ0) is 18.3. The minimum absolute atomic E-state index is 0.0819. The first kappa shape index (κ1) is 18.9. The van der Waals surface area contributed by atoms with Crippen molar-refractivity contribution >= 4 is 17.4 Å². The Hall–Kier alpha value is -2.47. The van der Waals surface area contributed by atoms with Gasteiger partial charge < -0.3 is 15.4 Å². The lowest BCUT2D eigenvalue weighted by Gasteiger charge is -2.19. The largest absolute Gasteiger partial charge is 0.385 e. The van der Waals surface area contributed by atoms with Gasteiger partial charge in [0.05, 0.1) is 0 Å². The number of methoxy groups -OCH3 is 1. The minimum Gasteiger partial charge on any atom is -0.385 e. The number of anilines is 2. The van der Waals surface area contributed by atoms with Crippen LogP contribution in [0.1, 0.15) is 43.2 Å². The molecule has 134 valence electrons. The molecule has 1 heterocycles. The highest BCUT2D eigenvalue weighted by Gasteiger charge is 2.14. The first-order valence-electron chi connectivity index (χ1n) is 8.37. The Morgan fingerprint density at radius 1 is 1.16 bits per heavy atom. The summed E-state index contributed by atoms with van der Waals surface area (Å²) in [7, 11) is 1.67. The zero-order valence-corrected chi connectivity index (χ0v) is 15.3. The number of ether oxygens (including phenoxy) is 1. The van der Waals surface area contributed by atoms with E-state index in [4.69, 9.17) is 4.74 Å². The van der Waals surface area contributed by atoms with Crippen LogP contribution in [0.25, 0.3) is 0 Å². The van der Waals surface area contributed by atoms with E-state index in [1.54, 1.807) is 13.2 Å². The van der Waals surface area contributed by atoms with E-state index in [0.717, 1.165) is 18.7 Å². The van der Waals surface area contributed by atoms with Crippen molar-refractivity contribution < 1.29 is 9.53 Å². The molecule has 0 unspecified atom stereocenters. The molecular formula is C19H26N4O2. The van der Waals surface area contributed by atoms with Crippen molar-refractivity contribution in [3.63, 3.8) is 0 Å². The number of carbonyl (C=O) groups is 1. The summed E-state index contributed by atoms with van der Waals surface area (Å²) in [6, 6.07) is 9.51. The average molecular weight is 342 g/mol.